The summed E-state index contributed by atoms with van der Waals surface area (Å²) < 4.78 is 30.5. The number of pyridine rings is 1. The van der Waals surface area contributed by atoms with Gasteiger partial charge in [0.05, 0.1) is 39.6 Å². The van der Waals surface area contributed by atoms with Crippen LogP contribution >= 0.6 is 11.6 Å². The standard InChI is InChI=1S/C23H23ClF2N4O4/c1-2-3-28-12-7-29(8-12)21-16(26)5-13-20(19(21)24)30(9-14(22(13)32)23(33)34)18-6-17(27)15(25)4-11(18)10-31/h4-6,9,12,28,31H,2-3,7-8,10,27H2,1H3,(H,33,34). The van der Waals surface area contributed by atoms with Gasteiger partial charge in [-0.2, -0.15) is 0 Å². The van der Waals surface area contributed by atoms with Crippen molar-refractivity contribution in [3.8, 4) is 5.69 Å². The van der Waals surface area contributed by atoms with Gasteiger partial charge in [-0.05, 0) is 31.2 Å². The largest absolute Gasteiger partial charge is 0.477 e. The number of nitrogens with two attached hydrogens (primary N) is 1. The molecule has 0 amide bonds. The Kier molecular flexibility index (Phi) is 6.48. The van der Waals surface area contributed by atoms with E-state index in [4.69, 9.17) is 17.3 Å². The Morgan fingerprint density at radius 3 is 2.59 bits per heavy atom. The van der Waals surface area contributed by atoms with Crippen LogP contribution in [0.25, 0.3) is 16.6 Å². The van der Waals surface area contributed by atoms with Crippen molar-refractivity contribution >= 4 is 39.8 Å². The number of hydrogen-bond donors (Lipinski definition) is 4. The van der Waals surface area contributed by atoms with Crippen LogP contribution in [0.1, 0.15) is 29.3 Å². The number of aromatic nitrogens is 1. The highest BCUT2D eigenvalue weighted by Gasteiger charge is 2.32. The second-order valence-electron chi connectivity index (χ2n) is 8.18. The topological polar surface area (TPSA) is 121 Å². The zero-order valence-corrected chi connectivity index (χ0v) is 19.0. The zero-order valence-electron chi connectivity index (χ0n) is 18.2. The second-order valence-corrected chi connectivity index (χ2v) is 8.56. The molecule has 180 valence electrons. The van der Waals surface area contributed by atoms with Gasteiger partial charge in [0.25, 0.3) is 0 Å². The summed E-state index contributed by atoms with van der Waals surface area (Å²) in [6.45, 7) is 3.23. The molecule has 0 radical (unpaired) electrons. The van der Waals surface area contributed by atoms with Crippen LogP contribution in [0.4, 0.5) is 20.2 Å². The van der Waals surface area contributed by atoms with Crippen molar-refractivity contribution in [2.24, 2.45) is 0 Å². The molecule has 34 heavy (non-hydrogen) atoms. The van der Waals surface area contributed by atoms with Crippen molar-refractivity contribution < 1.29 is 23.8 Å². The molecule has 8 nitrogen and oxygen atoms in total. The van der Waals surface area contributed by atoms with E-state index in [1.165, 1.54) is 10.6 Å². The Morgan fingerprint density at radius 1 is 1.26 bits per heavy atom. The third-order valence-corrected chi connectivity index (χ3v) is 6.25. The van der Waals surface area contributed by atoms with Gasteiger partial charge in [0, 0.05) is 30.9 Å². The van der Waals surface area contributed by atoms with E-state index in [0.29, 0.717) is 13.1 Å². The summed E-state index contributed by atoms with van der Waals surface area (Å²) in [7, 11) is 0. The molecule has 0 saturated carbocycles. The maximum atomic E-state index is 15.2. The van der Waals surface area contributed by atoms with E-state index in [1.54, 1.807) is 4.90 Å². The van der Waals surface area contributed by atoms with E-state index < -0.39 is 35.2 Å². The number of carboxylic acid groups (broad SMARTS) is 1. The molecule has 1 aliphatic heterocycles. The van der Waals surface area contributed by atoms with E-state index in [1.807, 2.05) is 6.92 Å². The number of nitrogens with one attached hydrogen (secondary N) is 1. The highest BCUT2D eigenvalue weighted by atomic mass is 35.5. The highest BCUT2D eigenvalue weighted by molar-refractivity contribution is 6.38. The average Bonchev–Trinajstić information content (AvgIpc) is 2.76. The van der Waals surface area contributed by atoms with Gasteiger partial charge in [0.2, 0.25) is 5.43 Å². The van der Waals surface area contributed by atoms with Gasteiger partial charge < -0.3 is 30.7 Å². The number of nitrogens with zero attached hydrogens (tertiary/aromatic N) is 2. The lowest BCUT2D eigenvalue weighted by Crippen LogP contribution is -2.58. The van der Waals surface area contributed by atoms with Crippen LogP contribution in [-0.4, -0.2) is 46.4 Å². The molecule has 0 aliphatic carbocycles. The molecule has 0 atom stereocenters. The SMILES string of the molecule is CCCNC1CN(c2c(F)cc3c(=O)c(C(=O)O)cn(-c4cc(N)c(F)cc4CO)c3c2Cl)C1. The number of anilines is 2. The molecule has 1 fully saturated rings. The van der Waals surface area contributed by atoms with Gasteiger partial charge in [-0.25, -0.2) is 13.6 Å². The van der Waals surface area contributed by atoms with Gasteiger partial charge in [-0.3, -0.25) is 4.79 Å². The van der Waals surface area contributed by atoms with Crippen molar-refractivity contribution in [3.05, 3.63) is 62.4 Å². The van der Waals surface area contributed by atoms with Crippen molar-refractivity contribution in [1.29, 1.82) is 0 Å². The lowest BCUT2D eigenvalue weighted by Gasteiger charge is -2.42. The molecule has 0 spiro atoms. The molecule has 2 heterocycles. The number of aromatic carboxylic acids is 1. The fourth-order valence-electron chi connectivity index (χ4n) is 4.15. The zero-order chi connectivity index (χ0) is 24.7. The average molecular weight is 493 g/mol. The minimum absolute atomic E-state index is 0.0266. The number of aliphatic hydroxyl groups excluding tert-OH is 1. The van der Waals surface area contributed by atoms with Crippen LogP contribution in [-0.2, 0) is 6.61 Å². The van der Waals surface area contributed by atoms with Crippen LogP contribution in [0.5, 0.6) is 0 Å². The molecule has 11 heteroatoms. The number of hydrogen-bond acceptors (Lipinski definition) is 6. The summed E-state index contributed by atoms with van der Waals surface area (Å²) >= 11 is 6.65. The quantitative estimate of drug-likeness (QED) is 0.374. The fourth-order valence-corrected chi connectivity index (χ4v) is 4.55. The van der Waals surface area contributed by atoms with Crippen LogP contribution in [0.2, 0.25) is 5.02 Å². The number of halogens is 3. The molecule has 0 bridgehead atoms. The predicted octanol–water partition coefficient (Wildman–Crippen LogP) is 2.88. The number of rotatable bonds is 7. The first-order valence-electron chi connectivity index (χ1n) is 10.7. The number of carboxylic acids is 1. The third kappa shape index (κ3) is 3.97. The third-order valence-electron chi connectivity index (χ3n) is 5.90. The van der Waals surface area contributed by atoms with E-state index in [0.717, 1.165) is 31.3 Å². The van der Waals surface area contributed by atoms with Gasteiger partial charge in [-0.1, -0.05) is 18.5 Å². The molecule has 4 rings (SSSR count). The number of aliphatic hydroxyl groups is 1. The fraction of sp³-hybridized carbons (Fsp3) is 0.304. The molecule has 5 N–H and O–H groups in total. The number of nitrogen functional groups attached to an aromatic ring is 1. The molecule has 3 aromatic rings. The summed E-state index contributed by atoms with van der Waals surface area (Å²) in [6, 6.07) is 3.32. The number of benzene rings is 2. The Balaban J connectivity index is 1.99. The van der Waals surface area contributed by atoms with Crippen LogP contribution in [0.3, 0.4) is 0 Å². The summed E-state index contributed by atoms with van der Waals surface area (Å²) in [5, 5.41) is 22.3. The number of fused-ring (bicyclic) bond motifs is 1. The maximum absolute atomic E-state index is 15.2. The maximum Gasteiger partial charge on any atom is 0.341 e. The lowest BCUT2D eigenvalue weighted by molar-refractivity contribution is 0.0695. The van der Waals surface area contributed by atoms with Gasteiger partial charge >= 0.3 is 5.97 Å². The molecule has 1 aliphatic rings. The van der Waals surface area contributed by atoms with Gasteiger partial charge in [0.1, 0.15) is 17.2 Å². The summed E-state index contributed by atoms with van der Waals surface area (Å²) in [5.41, 5.74) is 4.18. The van der Waals surface area contributed by atoms with Crippen molar-refractivity contribution in [2.45, 2.75) is 26.0 Å². The Bertz CT molecular complexity index is 1360. The summed E-state index contributed by atoms with van der Waals surface area (Å²) in [5.74, 6) is -3.08. The first-order valence-corrected chi connectivity index (χ1v) is 11.0. The van der Waals surface area contributed by atoms with Crippen LogP contribution in [0.15, 0.2) is 29.2 Å². The minimum Gasteiger partial charge on any atom is -0.477 e. The van der Waals surface area contributed by atoms with Gasteiger partial charge in [-0.15, -0.1) is 0 Å². The van der Waals surface area contributed by atoms with Crippen LogP contribution in [0, 0.1) is 11.6 Å². The second kappa shape index (κ2) is 9.21. The van der Waals surface area contributed by atoms with Crippen molar-refractivity contribution in [2.75, 3.05) is 30.3 Å². The van der Waals surface area contributed by atoms with Crippen LogP contribution < -0.4 is 21.4 Å². The van der Waals surface area contributed by atoms with E-state index in [2.05, 4.69) is 5.32 Å². The first kappa shape index (κ1) is 23.9. The monoisotopic (exact) mass is 492 g/mol. The van der Waals surface area contributed by atoms with Crippen molar-refractivity contribution in [3.63, 3.8) is 0 Å². The molecular weight excluding hydrogens is 470 g/mol. The molecule has 0 unspecified atom stereocenters. The Hall–Kier alpha value is -3.21. The minimum atomic E-state index is -1.53. The molecule has 2 aromatic carbocycles. The van der Waals surface area contributed by atoms with E-state index in [-0.39, 0.29) is 44.6 Å². The summed E-state index contributed by atoms with van der Waals surface area (Å²) in [4.78, 5) is 26.4. The lowest BCUT2D eigenvalue weighted by atomic mass is 10.0. The Morgan fingerprint density at radius 2 is 1.97 bits per heavy atom. The van der Waals surface area contributed by atoms with E-state index >= 15 is 4.39 Å². The molecule has 1 saturated heterocycles. The number of carbonyl (C=O) groups is 1. The Labute approximate surface area is 198 Å². The predicted molar refractivity (Wildman–Crippen MR) is 126 cm³/mol. The first-order chi connectivity index (χ1) is 16.2. The van der Waals surface area contributed by atoms with Crippen molar-refractivity contribution in [1.82, 2.24) is 9.88 Å². The van der Waals surface area contributed by atoms with Gasteiger partial charge in [0.15, 0.2) is 0 Å². The molecule has 1 aromatic heterocycles. The molecular formula is C23H23ClF2N4O4. The van der Waals surface area contributed by atoms with E-state index in [9.17, 15) is 24.2 Å². The highest BCUT2D eigenvalue weighted by Crippen LogP contribution is 2.39. The smallest absolute Gasteiger partial charge is 0.341 e. The normalized spacial score (nSPS) is 14.0. The summed E-state index contributed by atoms with van der Waals surface area (Å²) in [6.07, 6.45) is 1.97.